The topological polar surface area (TPSA) is 40.5 Å². The van der Waals surface area contributed by atoms with Crippen LogP contribution in [0.4, 0.5) is 0 Å². The Morgan fingerprint density at radius 2 is 1.82 bits per heavy atom. The van der Waals surface area contributed by atoms with Gasteiger partial charge in [-0.3, -0.25) is 0 Å². The number of hydrogen-bond donors (Lipinski definition) is 2. The minimum atomic E-state index is -0.0382. The molecular formula is C8H11O2S+. The number of phenolic OH excluding ortho intramolecular Hbond substituents is 2. The molecule has 2 nitrogen and oxygen atoms in total. The zero-order chi connectivity index (χ0) is 8.43. The smallest absolute Gasteiger partial charge is 0.213 e. The van der Waals surface area contributed by atoms with E-state index in [0.29, 0.717) is 0 Å². The van der Waals surface area contributed by atoms with Gasteiger partial charge in [0.05, 0.1) is 0 Å². The van der Waals surface area contributed by atoms with E-state index in [9.17, 15) is 5.11 Å². The molecule has 1 aromatic rings. The van der Waals surface area contributed by atoms with Crippen LogP contribution in [0.15, 0.2) is 23.1 Å². The Morgan fingerprint density at radius 3 is 2.27 bits per heavy atom. The summed E-state index contributed by atoms with van der Waals surface area (Å²) in [4.78, 5) is 0.810. The van der Waals surface area contributed by atoms with Crippen LogP contribution in [0.5, 0.6) is 11.5 Å². The maximum atomic E-state index is 9.32. The minimum Gasteiger partial charge on any atom is -0.504 e. The minimum absolute atomic E-state index is 0.0108. The highest BCUT2D eigenvalue weighted by Crippen LogP contribution is 2.31. The number of hydrogen-bond acceptors (Lipinski definition) is 2. The molecule has 0 spiro atoms. The Labute approximate surface area is 68.8 Å². The van der Waals surface area contributed by atoms with Crippen molar-refractivity contribution < 1.29 is 10.2 Å². The van der Waals surface area contributed by atoms with Crippen LogP contribution in [-0.4, -0.2) is 22.7 Å². The third kappa shape index (κ3) is 1.60. The highest BCUT2D eigenvalue weighted by molar-refractivity contribution is 7.95. The van der Waals surface area contributed by atoms with Gasteiger partial charge in [-0.25, -0.2) is 0 Å². The van der Waals surface area contributed by atoms with Crippen molar-refractivity contribution >= 4 is 10.9 Å². The van der Waals surface area contributed by atoms with Crippen LogP contribution in [-0.2, 0) is 10.9 Å². The number of benzene rings is 1. The van der Waals surface area contributed by atoms with E-state index in [1.807, 2.05) is 18.6 Å². The second-order valence-electron chi connectivity index (χ2n) is 2.44. The molecule has 11 heavy (non-hydrogen) atoms. The summed E-state index contributed by atoms with van der Waals surface area (Å²) in [6.45, 7) is 0. The molecule has 0 bridgehead atoms. The summed E-state index contributed by atoms with van der Waals surface area (Å²) in [7, 11) is -0.0108. The molecule has 0 saturated heterocycles. The Kier molecular flexibility index (Phi) is 2.29. The van der Waals surface area contributed by atoms with Crippen LogP contribution in [0.3, 0.4) is 0 Å². The fourth-order valence-corrected chi connectivity index (χ4v) is 1.68. The van der Waals surface area contributed by atoms with Crippen molar-refractivity contribution in [3.05, 3.63) is 18.2 Å². The van der Waals surface area contributed by atoms with Gasteiger partial charge in [-0.2, -0.15) is 0 Å². The SMILES string of the molecule is C[S+](C)c1cccc(O)c1O. The average molecular weight is 171 g/mol. The highest BCUT2D eigenvalue weighted by atomic mass is 32.2. The molecule has 2 N–H and O–H groups in total. The molecule has 1 rings (SSSR count). The van der Waals surface area contributed by atoms with Crippen LogP contribution in [0.2, 0.25) is 0 Å². The summed E-state index contributed by atoms with van der Waals surface area (Å²) in [5, 5.41) is 18.4. The summed E-state index contributed by atoms with van der Waals surface area (Å²) < 4.78 is 0. The summed E-state index contributed by atoms with van der Waals surface area (Å²) in [6, 6.07) is 5.03. The van der Waals surface area contributed by atoms with Gasteiger partial charge in [-0.1, -0.05) is 6.07 Å². The van der Waals surface area contributed by atoms with Gasteiger partial charge in [-0.15, -0.1) is 0 Å². The Morgan fingerprint density at radius 1 is 1.18 bits per heavy atom. The molecule has 0 amide bonds. The van der Waals surface area contributed by atoms with Gasteiger partial charge in [0.1, 0.15) is 12.5 Å². The molecular weight excluding hydrogens is 160 g/mol. The van der Waals surface area contributed by atoms with E-state index in [1.54, 1.807) is 6.07 Å². The predicted octanol–water partition coefficient (Wildman–Crippen LogP) is 1.33. The van der Waals surface area contributed by atoms with Gasteiger partial charge in [0.2, 0.25) is 5.75 Å². The lowest BCUT2D eigenvalue weighted by Crippen LogP contribution is -1.95. The first-order valence-corrected chi connectivity index (χ1v) is 5.25. The van der Waals surface area contributed by atoms with Crippen molar-refractivity contribution in [2.45, 2.75) is 4.90 Å². The third-order valence-electron chi connectivity index (χ3n) is 1.42. The van der Waals surface area contributed by atoms with Crippen molar-refractivity contribution in [1.82, 2.24) is 0 Å². The van der Waals surface area contributed by atoms with E-state index in [0.717, 1.165) is 4.90 Å². The monoisotopic (exact) mass is 171 g/mol. The number of phenols is 2. The molecule has 0 aliphatic carbocycles. The first kappa shape index (κ1) is 8.27. The van der Waals surface area contributed by atoms with E-state index < -0.39 is 0 Å². The first-order chi connectivity index (χ1) is 5.13. The Balaban J connectivity index is 3.17. The molecule has 0 unspecified atom stereocenters. The molecule has 60 valence electrons. The summed E-state index contributed by atoms with van der Waals surface area (Å²) in [6.07, 6.45) is 3.99. The molecule has 3 heteroatoms. The second-order valence-corrected chi connectivity index (χ2v) is 4.51. The van der Waals surface area contributed by atoms with Gasteiger partial charge in [0.15, 0.2) is 10.6 Å². The van der Waals surface area contributed by atoms with Gasteiger partial charge < -0.3 is 10.2 Å². The van der Waals surface area contributed by atoms with Crippen molar-refractivity contribution in [3.63, 3.8) is 0 Å². The molecule has 0 aromatic heterocycles. The fourth-order valence-electron chi connectivity index (χ4n) is 0.840. The predicted molar refractivity (Wildman–Crippen MR) is 47.3 cm³/mol. The molecule has 0 saturated carbocycles. The maximum absolute atomic E-state index is 9.32. The van der Waals surface area contributed by atoms with Crippen LogP contribution in [0.25, 0.3) is 0 Å². The van der Waals surface area contributed by atoms with Crippen molar-refractivity contribution in [1.29, 1.82) is 0 Å². The Bertz CT molecular complexity index is 258. The maximum Gasteiger partial charge on any atom is 0.213 e. The highest BCUT2D eigenvalue weighted by Gasteiger charge is 2.16. The number of aromatic hydroxyl groups is 2. The normalized spacial score (nSPS) is 10.5. The summed E-state index contributed by atoms with van der Waals surface area (Å²) >= 11 is 0. The van der Waals surface area contributed by atoms with E-state index >= 15 is 0 Å². The molecule has 0 fully saturated rings. The van der Waals surface area contributed by atoms with E-state index in [4.69, 9.17) is 5.11 Å². The van der Waals surface area contributed by atoms with E-state index in [1.165, 1.54) is 6.07 Å². The van der Waals surface area contributed by atoms with Gasteiger partial charge in [0, 0.05) is 10.9 Å². The lowest BCUT2D eigenvalue weighted by atomic mass is 10.3. The van der Waals surface area contributed by atoms with E-state index in [2.05, 4.69) is 0 Å². The Hall–Kier alpha value is -0.830. The summed E-state index contributed by atoms with van der Waals surface area (Å²) in [5.41, 5.74) is 0. The lowest BCUT2D eigenvalue weighted by Gasteiger charge is -2.00. The third-order valence-corrected chi connectivity index (χ3v) is 2.63. The standard InChI is InChI=1S/C8H10O2S/c1-11(2)7-5-3-4-6(9)8(7)10/h3-5H,1-2H3,(H-,9,10)/p+1. The zero-order valence-electron chi connectivity index (χ0n) is 6.53. The number of para-hydroxylation sites is 1. The van der Waals surface area contributed by atoms with Crippen molar-refractivity contribution in [2.75, 3.05) is 12.5 Å². The molecule has 1 aromatic carbocycles. The van der Waals surface area contributed by atoms with Crippen LogP contribution in [0.1, 0.15) is 0 Å². The van der Waals surface area contributed by atoms with Gasteiger partial charge in [0.25, 0.3) is 0 Å². The largest absolute Gasteiger partial charge is 0.504 e. The van der Waals surface area contributed by atoms with Crippen molar-refractivity contribution in [2.24, 2.45) is 0 Å². The molecule has 0 heterocycles. The fraction of sp³-hybridized carbons (Fsp3) is 0.250. The zero-order valence-corrected chi connectivity index (χ0v) is 7.35. The molecule has 0 atom stereocenters. The van der Waals surface area contributed by atoms with Crippen LogP contribution < -0.4 is 0 Å². The lowest BCUT2D eigenvalue weighted by molar-refractivity contribution is 0.395. The molecule has 0 aliphatic heterocycles. The van der Waals surface area contributed by atoms with Crippen LogP contribution in [0, 0.1) is 0 Å². The average Bonchev–Trinajstić information content (AvgIpc) is 1.94. The van der Waals surface area contributed by atoms with Gasteiger partial charge in [-0.05, 0) is 12.1 Å². The molecule has 0 radical (unpaired) electrons. The first-order valence-electron chi connectivity index (χ1n) is 3.21. The summed E-state index contributed by atoms with van der Waals surface area (Å²) in [5.74, 6) is -0.0236. The van der Waals surface area contributed by atoms with E-state index in [-0.39, 0.29) is 22.4 Å². The second kappa shape index (κ2) is 3.05. The quantitative estimate of drug-likeness (QED) is 0.494. The molecule has 0 aliphatic rings. The van der Waals surface area contributed by atoms with Crippen molar-refractivity contribution in [3.8, 4) is 11.5 Å². The van der Waals surface area contributed by atoms with Crippen LogP contribution >= 0.6 is 0 Å². The number of rotatable bonds is 1. The van der Waals surface area contributed by atoms with Gasteiger partial charge >= 0.3 is 0 Å².